The van der Waals surface area contributed by atoms with E-state index in [0.29, 0.717) is 0 Å². The van der Waals surface area contributed by atoms with Crippen LogP contribution in [0.25, 0.3) is 0 Å². The highest BCUT2D eigenvalue weighted by atomic mass is 79.9. The molecule has 0 unspecified atom stereocenters. The third-order valence-corrected chi connectivity index (χ3v) is 4.53. The molecule has 3 nitrogen and oxygen atoms in total. The molecule has 1 aliphatic rings. The van der Waals surface area contributed by atoms with Crippen LogP contribution in [-0.2, 0) is 6.54 Å². The van der Waals surface area contributed by atoms with E-state index in [1.54, 1.807) is 0 Å². The summed E-state index contributed by atoms with van der Waals surface area (Å²) in [5.41, 5.74) is 2.25. The molecule has 0 aliphatic carbocycles. The van der Waals surface area contributed by atoms with Gasteiger partial charge < -0.3 is 4.90 Å². The zero-order chi connectivity index (χ0) is 14.7. The third-order valence-electron chi connectivity index (χ3n) is 3.74. The van der Waals surface area contributed by atoms with Gasteiger partial charge in [0.15, 0.2) is 0 Å². The van der Waals surface area contributed by atoms with Crippen molar-refractivity contribution in [3.63, 3.8) is 0 Å². The number of anilines is 1. The van der Waals surface area contributed by atoms with Gasteiger partial charge in [0.05, 0.1) is 16.4 Å². The van der Waals surface area contributed by atoms with Crippen LogP contribution in [-0.4, -0.2) is 36.1 Å². The van der Waals surface area contributed by atoms with Crippen LogP contribution in [0.5, 0.6) is 0 Å². The van der Waals surface area contributed by atoms with Crippen LogP contribution in [0.1, 0.15) is 5.69 Å². The fraction of sp³-hybridized carbons (Fsp3) is 0.312. The van der Waals surface area contributed by atoms with Gasteiger partial charge in [0.2, 0.25) is 0 Å². The summed E-state index contributed by atoms with van der Waals surface area (Å²) in [6.07, 6.45) is 1.86. The number of para-hydroxylation sites is 1. The van der Waals surface area contributed by atoms with E-state index in [9.17, 15) is 0 Å². The first-order chi connectivity index (χ1) is 10.2. The summed E-state index contributed by atoms with van der Waals surface area (Å²) >= 11 is 9.68. The van der Waals surface area contributed by atoms with E-state index in [2.05, 4.69) is 42.8 Å². The van der Waals surface area contributed by atoms with Crippen molar-refractivity contribution < 1.29 is 0 Å². The number of halogens is 2. The van der Waals surface area contributed by atoms with E-state index in [4.69, 9.17) is 11.6 Å². The van der Waals surface area contributed by atoms with Crippen molar-refractivity contribution in [2.45, 2.75) is 6.54 Å². The van der Waals surface area contributed by atoms with Gasteiger partial charge >= 0.3 is 0 Å². The minimum Gasteiger partial charge on any atom is -0.368 e. The Morgan fingerprint density at radius 1 is 1.05 bits per heavy atom. The maximum atomic E-state index is 6.27. The van der Waals surface area contributed by atoms with E-state index in [0.717, 1.165) is 53.6 Å². The van der Waals surface area contributed by atoms with Gasteiger partial charge in [-0.1, -0.05) is 23.7 Å². The Hall–Kier alpha value is -1.10. The monoisotopic (exact) mass is 365 g/mol. The third kappa shape index (κ3) is 3.76. The average molecular weight is 367 g/mol. The van der Waals surface area contributed by atoms with Crippen LogP contribution >= 0.6 is 27.5 Å². The van der Waals surface area contributed by atoms with Crippen molar-refractivity contribution in [1.29, 1.82) is 0 Å². The number of piperazine rings is 1. The first-order valence-corrected chi connectivity index (χ1v) is 8.22. The van der Waals surface area contributed by atoms with Crippen LogP contribution in [0.4, 0.5) is 5.69 Å². The second kappa shape index (κ2) is 6.77. The Kier molecular flexibility index (Phi) is 4.78. The summed E-state index contributed by atoms with van der Waals surface area (Å²) in [5, 5.41) is 0.834. The summed E-state index contributed by atoms with van der Waals surface area (Å²) in [5.74, 6) is 0. The second-order valence-electron chi connectivity index (χ2n) is 5.18. The molecule has 21 heavy (non-hydrogen) atoms. The standard InChI is InChI=1S/C16H17BrClN3/c17-13-5-6-14(19-11-13)12-20-7-9-21(10-8-20)16-4-2-1-3-15(16)18/h1-6,11H,7-10,12H2. The first-order valence-electron chi connectivity index (χ1n) is 7.04. The smallest absolute Gasteiger partial charge is 0.0639 e. The lowest BCUT2D eigenvalue weighted by Crippen LogP contribution is -2.46. The molecule has 2 heterocycles. The molecular weight excluding hydrogens is 350 g/mol. The summed E-state index contributed by atoms with van der Waals surface area (Å²) < 4.78 is 1.02. The largest absolute Gasteiger partial charge is 0.368 e. The van der Waals surface area contributed by atoms with E-state index >= 15 is 0 Å². The van der Waals surface area contributed by atoms with Crippen LogP contribution in [0.2, 0.25) is 5.02 Å². The molecule has 1 saturated heterocycles. The van der Waals surface area contributed by atoms with Crippen molar-refractivity contribution >= 4 is 33.2 Å². The van der Waals surface area contributed by atoms with E-state index in [-0.39, 0.29) is 0 Å². The Morgan fingerprint density at radius 3 is 2.48 bits per heavy atom. The lowest BCUT2D eigenvalue weighted by atomic mass is 10.2. The molecular formula is C16H17BrClN3. The molecule has 1 aromatic heterocycles. The minimum atomic E-state index is 0.834. The highest BCUT2D eigenvalue weighted by Gasteiger charge is 2.18. The molecule has 1 aromatic carbocycles. The van der Waals surface area contributed by atoms with E-state index < -0.39 is 0 Å². The zero-order valence-corrected chi connectivity index (χ0v) is 14.0. The Morgan fingerprint density at radius 2 is 1.81 bits per heavy atom. The molecule has 1 fully saturated rings. The molecule has 2 aromatic rings. The van der Waals surface area contributed by atoms with Gasteiger partial charge in [-0.05, 0) is 40.2 Å². The van der Waals surface area contributed by atoms with Crippen molar-refractivity contribution in [2.75, 3.05) is 31.1 Å². The van der Waals surface area contributed by atoms with Crippen molar-refractivity contribution in [1.82, 2.24) is 9.88 Å². The highest BCUT2D eigenvalue weighted by Crippen LogP contribution is 2.26. The molecule has 5 heteroatoms. The number of rotatable bonds is 3. The van der Waals surface area contributed by atoms with Gasteiger partial charge in [-0.15, -0.1) is 0 Å². The lowest BCUT2D eigenvalue weighted by molar-refractivity contribution is 0.247. The van der Waals surface area contributed by atoms with Crippen LogP contribution in [0, 0.1) is 0 Å². The molecule has 3 rings (SSSR count). The van der Waals surface area contributed by atoms with Crippen molar-refractivity contribution in [2.24, 2.45) is 0 Å². The van der Waals surface area contributed by atoms with E-state index in [1.165, 1.54) is 0 Å². The summed E-state index contributed by atoms with van der Waals surface area (Å²) in [6, 6.07) is 12.2. The molecule has 0 atom stereocenters. The van der Waals surface area contributed by atoms with Crippen molar-refractivity contribution in [3.05, 3.63) is 57.8 Å². The molecule has 1 aliphatic heterocycles. The van der Waals surface area contributed by atoms with Crippen LogP contribution in [0.15, 0.2) is 47.1 Å². The van der Waals surface area contributed by atoms with Crippen molar-refractivity contribution in [3.8, 4) is 0 Å². The Balaban J connectivity index is 1.58. The number of pyridine rings is 1. The van der Waals surface area contributed by atoms with Crippen LogP contribution in [0.3, 0.4) is 0 Å². The second-order valence-corrected chi connectivity index (χ2v) is 6.51. The minimum absolute atomic E-state index is 0.834. The number of benzene rings is 1. The van der Waals surface area contributed by atoms with Gasteiger partial charge in [0, 0.05) is 43.4 Å². The maximum Gasteiger partial charge on any atom is 0.0639 e. The molecule has 0 radical (unpaired) electrons. The van der Waals surface area contributed by atoms with Gasteiger partial charge in [-0.3, -0.25) is 9.88 Å². The fourth-order valence-corrected chi connectivity index (χ4v) is 3.07. The Labute approximate surface area is 138 Å². The molecule has 0 bridgehead atoms. The van der Waals surface area contributed by atoms with Gasteiger partial charge in [0.1, 0.15) is 0 Å². The topological polar surface area (TPSA) is 19.4 Å². The maximum absolute atomic E-state index is 6.27. The summed E-state index contributed by atoms with van der Waals surface area (Å²) in [7, 11) is 0. The quantitative estimate of drug-likeness (QED) is 0.823. The zero-order valence-electron chi connectivity index (χ0n) is 11.7. The van der Waals surface area contributed by atoms with Gasteiger partial charge in [-0.25, -0.2) is 0 Å². The number of hydrogen-bond acceptors (Lipinski definition) is 3. The van der Waals surface area contributed by atoms with E-state index in [1.807, 2.05) is 30.5 Å². The number of nitrogens with zero attached hydrogens (tertiary/aromatic N) is 3. The predicted octanol–water partition coefficient (Wildman–Crippen LogP) is 3.82. The van der Waals surface area contributed by atoms with Gasteiger partial charge in [0.25, 0.3) is 0 Å². The van der Waals surface area contributed by atoms with Gasteiger partial charge in [-0.2, -0.15) is 0 Å². The normalized spacial score (nSPS) is 16.2. The molecule has 0 N–H and O–H groups in total. The molecule has 0 saturated carbocycles. The molecule has 110 valence electrons. The summed E-state index contributed by atoms with van der Waals surface area (Å²) in [4.78, 5) is 9.23. The fourth-order valence-electron chi connectivity index (χ4n) is 2.58. The molecule has 0 amide bonds. The average Bonchev–Trinajstić information content (AvgIpc) is 2.51. The Bertz CT molecular complexity index is 595. The lowest BCUT2D eigenvalue weighted by Gasteiger charge is -2.36. The predicted molar refractivity (Wildman–Crippen MR) is 90.9 cm³/mol. The SMILES string of the molecule is Clc1ccccc1N1CCN(Cc2ccc(Br)cn2)CC1. The summed E-state index contributed by atoms with van der Waals surface area (Å²) in [6.45, 7) is 4.97. The highest BCUT2D eigenvalue weighted by molar-refractivity contribution is 9.10. The van der Waals surface area contributed by atoms with Crippen LogP contribution < -0.4 is 4.90 Å². The molecule has 0 spiro atoms. The first kappa shape index (κ1) is 14.8. The number of hydrogen-bond donors (Lipinski definition) is 0. The number of aromatic nitrogens is 1.